The molecule has 0 amide bonds. The van der Waals surface area contributed by atoms with Gasteiger partial charge in [-0.3, -0.25) is 9.59 Å². The number of hydrogen-bond acceptors (Lipinski definition) is 15. The zero-order valence-electron chi connectivity index (χ0n) is 39.1. The van der Waals surface area contributed by atoms with Crippen molar-refractivity contribution < 1.29 is 73.8 Å². The summed E-state index contributed by atoms with van der Waals surface area (Å²) in [5.74, 6) is -0.943. The Morgan fingerprint density at radius 3 is 1.50 bits per heavy atom. The summed E-state index contributed by atoms with van der Waals surface area (Å²) in [5, 5.41) is 72.0. The van der Waals surface area contributed by atoms with Gasteiger partial charge in [-0.2, -0.15) is 0 Å². The smallest absolute Gasteiger partial charge is 0.306 e. The highest BCUT2D eigenvalue weighted by Gasteiger charge is 2.47. The Kier molecular flexibility index (Phi) is 33.6. The Hall–Kier alpha value is -2.02. The van der Waals surface area contributed by atoms with Gasteiger partial charge in [-0.25, -0.2) is 0 Å². The number of esters is 2. The molecule has 0 spiro atoms. The van der Waals surface area contributed by atoms with Gasteiger partial charge in [0.05, 0.1) is 19.8 Å². The number of unbranched alkanes of at least 4 members (excludes halogenated alkanes) is 22. The maximum absolute atomic E-state index is 13.0. The van der Waals surface area contributed by atoms with Gasteiger partial charge in [-0.1, -0.05) is 134 Å². The maximum atomic E-state index is 13.0. The molecule has 15 heteroatoms. The van der Waals surface area contributed by atoms with Crippen LogP contribution >= 0.6 is 0 Å². The van der Waals surface area contributed by atoms with E-state index in [1.54, 1.807) is 0 Å². The number of aliphatic hydroxyl groups excluding tert-OH is 7. The van der Waals surface area contributed by atoms with Crippen LogP contribution in [0.3, 0.4) is 0 Å². The molecule has 2 rings (SSSR count). The van der Waals surface area contributed by atoms with Crippen LogP contribution in [0, 0.1) is 0 Å². The molecule has 0 saturated carbocycles. The van der Waals surface area contributed by atoms with Crippen molar-refractivity contribution in [3.8, 4) is 0 Å². The molecule has 2 aliphatic heterocycles. The first kappa shape index (κ1) is 58.1. The van der Waals surface area contributed by atoms with E-state index in [0.717, 1.165) is 51.4 Å². The highest BCUT2D eigenvalue weighted by Crippen LogP contribution is 2.26. The zero-order chi connectivity index (χ0) is 46.8. The normalized spacial score (nSPS) is 26.6. The summed E-state index contributed by atoms with van der Waals surface area (Å²) in [6, 6.07) is 0. The predicted octanol–water partition coefficient (Wildman–Crippen LogP) is 6.38. The molecule has 2 fully saturated rings. The average Bonchev–Trinajstić information content (AvgIpc) is 3.29. The monoisotopic (exact) mass is 917 g/mol. The van der Waals surface area contributed by atoms with Gasteiger partial charge in [0.2, 0.25) is 0 Å². The molecule has 0 aliphatic carbocycles. The minimum atomic E-state index is -1.76. The van der Waals surface area contributed by atoms with E-state index in [9.17, 15) is 45.3 Å². The summed E-state index contributed by atoms with van der Waals surface area (Å²) >= 11 is 0. The highest BCUT2D eigenvalue weighted by molar-refractivity contribution is 5.70. The van der Waals surface area contributed by atoms with Crippen LogP contribution in [-0.4, -0.2) is 142 Å². The van der Waals surface area contributed by atoms with E-state index in [4.69, 9.17) is 28.4 Å². The van der Waals surface area contributed by atoms with Crippen LogP contribution < -0.4 is 0 Å². The lowest BCUT2D eigenvalue weighted by Crippen LogP contribution is -2.61. The van der Waals surface area contributed by atoms with E-state index in [1.165, 1.54) is 96.3 Å². The van der Waals surface area contributed by atoms with Crippen molar-refractivity contribution in [2.75, 3.05) is 26.4 Å². The number of hydrogen-bond donors (Lipinski definition) is 7. The van der Waals surface area contributed by atoms with E-state index in [1.807, 2.05) is 6.08 Å². The van der Waals surface area contributed by atoms with Gasteiger partial charge in [-0.15, -0.1) is 6.58 Å². The Morgan fingerprint density at radius 1 is 0.531 bits per heavy atom. The fourth-order valence-corrected chi connectivity index (χ4v) is 7.90. The van der Waals surface area contributed by atoms with Gasteiger partial charge in [0.15, 0.2) is 18.7 Å². The molecular formula is C49H88O15. The second-order valence-electron chi connectivity index (χ2n) is 17.7. The fourth-order valence-electron chi connectivity index (χ4n) is 7.90. The number of carbonyl (C=O) groups excluding carboxylic acids is 2. The van der Waals surface area contributed by atoms with Gasteiger partial charge in [0.25, 0.3) is 0 Å². The first-order valence-corrected chi connectivity index (χ1v) is 24.9. The molecule has 64 heavy (non-hydrogen) atoms. The zero-order valence-corrected chi connectivity index (χ0v) is 39.1. The van der Waals surface area contributed by atoms with Gasteiger partial charge in [0.1, 0.15) is 55.4 Å². The van der Waals surface area contributed by atoms with Gasteiger partial charge in [-0.05, 0) is 51.4 Å². The average molecular weight is 917 g/mol. The molecule has 15 nitrogen and oxygen atoms in total. The van der Waals surface area contributed by atoms with Crippen molar-refractivity contribution in [1.29, 1.82) is 0 Å². The lowest BCUT2D eigenvalue weighted by atomic mass is 9.98. The van der Waals surface area contributed by atoms with Crippen LogP contribution in [0.15, 0.2) is 24.8 Å². The lowest BCUT2D eigenvalue weighted by molar-refractivity contribution is -0.332. The summed E-state index contributed by atoms with van der Waals surface area (Å²) in [6.07, 6.45) is 18.2. The molecule has 11 atom stereocenters. The SMILES string of the molecule is C=CCCCCCCCCCCCCCCCC(=O)O[C@H](COC(=O)CCCCC/C=C/CCCCCCCC)CO[C@@H]1O[C@H](CO[C@@H]2O[C@H](CO)[C@H](O)C(O)C2O)[C@H](O)C(O)C1O. The van der Waals surface area contributed by atoms with Crippen LogP contribution in [0.2, 0.25) is 0 Å². The van der Waals surface area contributed by atoms with Crippen molar-refractivity contribution in [2.45, 2.75) is 248 Å². The predicted molar refractivity (Wildman–Crippen MR) is 243 cm³/mol. The van der Waals surface area contributed by atoms with Crippen LogP contribution in [0.5, 0.6) is 0 Å². The summed E-state index contributed by atoms with van der Waals surface area (Å²) in [7, 11) is 0. The molecule has 0 radical (unpaired) electrons. The van der Waals surface area contributed by atoms with E-state index in [2.05, 4.69) is 25.7 Å². The highest BCUT2D eigenvalue weighted by atomic mass is 16.7. The molecule has 0 aromatic rings. The molecule has 374 valence electrons. The molecule has 2 aliphatic rings. The Labute approximate surface area is 383 Å². The first-order chi connectivity index (χ1) is 31.0. The largest absolute Gasteiger partial charge is 0.462 e. The van der Waals surface area contributed by atoms with Crippen LogP contribution in [0.1, 0.15) is 180 Å². The van der Waals surface area contributed by atoms with Crippen molar-refractivity contribution in [3.05, 3.63) is 24.8 Å². The van der Waals surface area contributed by atoms with Crippen molar-refractivity contribution in [1.82, 2.24) is 0 Å². The minimum absolute atomic E-state index is 0.162. The van der Waals surface area contributed by atoms with E-state index >= 15 is 0 Å². The standard InChI is InChI=1S/C49H88O15/c1-3-5-7-9-11-13-15-17-18-20-22-24-26-28-30-32-41(52)62-37(34-59-40(51)31-29-27-25-23-21-19-16-14-12-10-8-6-4-2)35-60-48-47(58)45(56)43(54)39(64-48)36-61-49-46(57)44(55)42(53)38(33-50)63-49/h3,19,21,37-39,42-50,53-58H,1,4-18,20,22-36H2,2H3/b21-19+/t37-,38-,39-,42+,43+,44?,45?,46?,47?,48-,49-/m1/s1. The summed E-state index contributed by atoms with van der Waals surface area (Å²) in [5.41, 5.74) is 0. The van der Waals surface area contributed by atoms with Crippen molar-refractivity contribution >= 4 is 11.9 Å². The first-order valence-electron chi connectivity index (χ1n) is 24.9. The van der Waals surface area contributed by atoms with Gasteiger partial charge < -0.3 is 64.2 Å². The number of carbonyl (C=O) groups is 2. The molecule has 4 unspecified atom stereocenters. The Morgan fingerprint density at radius 2 is 0.969 bits per heavy atom. The molecule has 0 aromatic carbocycles. The van der Waals surface area contributed by atoms with Crippen molar-refractivity contribution in [3.63, 3.8) is 0 Å². The minimum Gasteiger partial charge on any atom is -0.462 e. The molecular weight excluding hydrogens is 829 g/mol. The van der Waals surface area contributed by atoms with Crippen molar-refractivity contribution in [2.24, 2.45) is 0 Å². The Bertz CT molecular complexity index is 1200. The lowest BCUT2D eigenvalue weighted by Gasteiger charge is -2.42. The number of aliphatic hydroxyl groups is 7. The third-order valence-corrected chi connectivity index (χ3v) is 12.0. The third kappa shape index (κ3) is 25.2. The molecule has 0 bridgehead atoms. The number of rotatable bonds is 39. The third-order valence-electron chi connectivity index (χ3n) is 12.0. The van der Waals surface area contributed by atoms with E-state index < -0.39 is 92.7 Å². The summed E-state index contributed by atoms with van der Waals surface area (Å²) in [6.45, 7) is 4.10. The van der Waals surface area contributed by atoms with Crippen LogP contribution in [-0.2, 0) is 38.0 Å². The second-order valence-corrected chi connectivity index (χ2v) is 17.7. The molecule has 2 heterocycles. The van der Waals surface area contributed by atoms with E-state index in [-0.39, 0.29) is 26.1 Å². The number of allylic oxidation sites excluding steroid dienone is 3. The van der Waals surface area contributed by atoms with Crippen LogP contribution in [0.4, 0.5) is 0 Å². The maximum Gasteiger partial charge on any atom is 0.306 e. The van der Waals surface area contributed by atoms with E-state index in [0.29, 0.717) is 12.8 Å². The quantitative estimate of drug-likeness (QED) is 0.0202. The second kappa shape index (κ2) is 37.0. The number of ether oxygens (including phenoxy) is 6. The van der Waals surface area contributed by atoms with Crippen LogP contribution in [0.25, 0.3) is 0 Å². The Balaban J connectivity index is 1.82. The molecule has 7 N–H and O–H groups in total. The topological polar surface area (TPSA) is 231 Å². The molecule has 2 saturated heterocycles. The van der Waals surface area contributed by atoms with Gasteiger partial charge in [0, 0.05) is 12.8 Å². The van der Waals surface area contributed by atoms with Gasteiger partial charge >= 0.3 is 11.9 Å². The fraction of sp³-hybridized carbons (Fsp3) is 0.878. The molecule has 0 aromatic heterocycles. The summed E-state index contributed by atoms with van der Waals surface area (Å²) in [4.78, 5) is 25.7. The summed E-state index contributed by atoms with van der Waals surface area (Å²) < 4.78 is 33.5.